The van der Waals surface area contributed by atoms with Gasteiger partial charge in [0.1, 0.15) is 5.75 Å². The lowest BCUT2D eigenvalue weighted by Gasteiger charge is -2.05. The van der Waals surface area contributed by atoms with E-state index in [0.29, 0.717) is 12.2 Å². The summed E-state index contributed by atoms with van der Waals surface area (Å²) in [6, 6.07) is 6.96. The number of methoxy groups -OCH3 is 1. The molecule has 104 valence electrons. The molecule has 1 rings (SSSR count). The molecule has 0 aliphatic carbocycles. The van der Waals surface area contributed by atoms with Crippen molar-refractivity contribution in [1.29, 1.82) is 0 Å². The standard InChI is InChI=1S/C12H16O3.ClH.H3NO/c1-3-4-9-15-11-7-5-10(6-8-11)12(13)14-2;;1-2/h5-8H,3-4,9H2,1-2H3;1H;2H,1H2. The summed E-state index contributed by atoms with van der Waals surface area (Å²) in [5.41, 5.74) is 0.542. The molecule has 0 aliphatic heterocycles. The van der Waals surface area contributed by atoms with Crippen LogP contribution in [0.3, 0.4) is 0 Å². The second kappa shape index (κ2) is 12.2. The number of halogens is 1. The van der Waals surface area contributed by atoms with Crippen LogP contribution in [-0.4, -0.2) is 24.9 Å². The molecule has 0 aromatic heterocycles. The summed E-state index contributed by atoms with van der Waals surface area (Å²) >= 11 is 0. The van der Waals surface area contributed by atoms with Crippen LogP contribution >= 0.6 is 12.4 Å². The van der Waals surface area contributed by atoms with Crippen molar-refractivity contribution in [1.82, 2.24) is 0 Å². The first-order valence-electron chi connectivity index (χ1n) is 5.35. The maximum absolute atomic E-state index is 11.1. The van der Waals surface area contributed by atoms with Gasteiger partial charge in [0.25, 0.3) is 0 Å². The van der Waals surface area contributed by atoms with Gasteiger partial charge in [0.05, 0.1) is 19.3 Å². The molecule has 0 radical (unpaired) electrons. The second-order valence-electron chi connectivity index (χ2n) is 3.22. The van der Waals surface area contributed by atoms with Gasteiger partial charge in [0.15, 0.2) is 0 Å². The topological polar surface area (TPSA) is 81.8 Å². The zero-order valence-corrected chi connectivity index (χ0v) is 11.4. The number of esters is 1. The lowest BCUT2D eigenvalue weighted by Crippen LogP contribution is -2.01. The van der Waals surface area contributed by atoms with Gasteiger partial charge in [-0.2, -0.15) is 0 Å². The monoisotopic (exact) mass is 277 g/mol. The van der Waals surface area contributed by atoms with Crippen LogP contribution < -0.4 is 10.6 Å². The molecule has 0 unspecified atom stereocenters. The van der Waals surface area contributed by atoms with Crippen molar-refractivity contribution in [3.8, 4) is 5.75 Å². The van der Waals surface area contributed by atoms with Crippen LogP contribution in [-0.2, 0) is 4.74 Å². The molecule has 18 heavy (non-hydrogen) atoms. The Morgan fingerprint density at radius 3 is 2.28 bits per heavy atom. The van der Waals surface area contributed by atoms with Gasteiger partial charge < -0.3 is 14.7 Å². The summed E-state index contributed by atoms with van der Waals surface area (Å²) in [6.07, 6.45) is 2.15. The summed E-state index contributed by atoms with van der Waals surface area (Å²) in [5.74, 6) is 3.96. The highest BCUT2D eigenvalue weighted by Gasteiger charge is 2.04. The number of ether oxygens (including phenoxy) is 2. The molecule has 6 heteroatoms. The van der Waals surface area contributed by atoms with Crippen molar-refractivity contribution < 1.29 is 19.5 Å². The fourth-order valence-corrected chi connectivity index (χ4v) is 1.14. The first-order valence-corrected chi connectivity index (χ1v) is 5.35. The highest BCUT2D eigenvalue weighted by molar-refractivity contribution is 5.89. The van der Waals surface area contributed by atoms with Crippen LogP contribution in [0.25, 0.3) is 0 Å². The number of rotatable bonds is 5. The van der Waals surface area contributed by atoms with Gasteiger partial charge in [-0.05, 0) is 30.7 Å². The predicted molar refractivity (Wildman–Crippen MR) is 71.4 cm³/mol. The maximum atomic E-state index is 11.1. The first kappa shape index (κ1) is 19.0. The van der Waals surface area contributed by atoms with Crippen LogP contribution in [0, 0.1) is 0 Å². The Labute approximate surface area is 113 Å². The molecule has 0 atom stereocenters. The number of hydrogen-bond donors (Lipinski definition) is 2. The molecule has 0 saturated carbocycles. The van der Waals surface area contributed by atoms with Crippen LogP contribution in [0.1, 0.15) is 30.1 Å². The maximum Gasteiger partial charge on any atom is 0.337 e. The molecule has 0 fully saturated rings. The minimum atomic E-state index is -0.324. The van der Waals surface area contributed by atoms with Crippen molar-refractivity contribution in [3.63, 3.8) is 0 Å². The number of benzene rings is 1. The first-order chi connectivity index (χ1) is 8.27. The fourth-order valence-electron chi connectivity index (χ4n) is 1.14. The van der Waals surface area contributed by atoms with Crippen molar-refractivity contribution in [2.45, 2.75) is 19.8 Å². The molecule has 0 heterocycles. The Kier molecular flexibility index (Phi) is 12.9. The molecule has 5 nitrogen and oxygen atoms in total. The minimum absolute atomic E-state index is 0. The number of hydrogen-bond acceptors (Lipinski definition) is 5. The van der Waals surface area contributed by atoms with E-state index in [9.17, 15) is 4.79 Å². The van der Waals surface area contributed by atoms with Crippen LogP contribution in [0.15, 0.2) is 24.3 Å². The van der Waals surface area contributed by atoms with Gasteiger partial charge in [-0.15, -0.1) is 12.4 Å². The van der Waals surface area contributed by atoms with Crippen LogP contribution in [0.4, 0.5) is 0 Å². The van der Waals surface area contributed by atoms with E-state index >= 15 is 0 Å². The second-order valence-corrected chi connectivity index (χ2v) is 3.22. The molecule has 3 N–H and O–H groups in total. The van der Waals surface area contributed by atoms with E-state index in [4.69, 9.17) is 9.94 Å². The van der Waals surface area contributed by atoms with Gasteiger partial charge in [-0.1, -0.05) is 13.3 Å². The molecule has 1 aromatic carbocycles. The van der Waals surface area contributed by atoms with Gasteiger partial charge in [0.2, 0.25) is 0 Å². The summed E-state index contributed by atoms with van der Waals surface area (Å²) < 4.78 is 10.1. The van der Waals surface area contributed by atoms with Gasteiger partial charge in [0, 0.05) is 0 Å². The van der Waals surface area contributed by atoms with Crippen molar-refractivity contribution in [2.75, 3.05) is 13.7 Å². The predicted octanol–water partition coefficient (Wildman–Crippen LogP) is 2.41. The molecular formula is C12H20ClNO4. The average Bonchev–Trinajstić information content (AvgIpc) is 2.41. The molecular weight excluding hydrogens is 258 g/mol. The third kappa shape index (κ3) is 7.11. The number of carbonyl (C=O) groups is 1. The van der Waals surface area contributed by atoms with Crippen molar-refractivity contribution in [2.24, 2.45) is 5.90 Å². The number of unbranched alkanes of at least 4 members (excludes halogenated alkanes) is 1. The smallest absolute Gasteiger partial charge is 0.337 e. The highest BCUT2D eigenvalue weighted by atomic mass is 35.5. The minimum Gasteiger partial charge on any atom is -0.494 e. The Bertz CT molecular complexity index is 316. The number of carbonyl (C=O) groups excluding carboxylic acids is 1. The largest absolute Gasteiger partial charge is 0.494 e. The van der Waals surface area contributed by atoms with E-state index in [2.05, 4.69) is 17.6 Å². The van der Waals surface area contributed by atoms with E-state index in [1.165, 1.54) is 7.11 Å². The molecule has 0 spiro atoms. The Hall–Kier alpha value is -1.30. The molecule has 0 aliphatic rings. The van der Waals surface area contributed by atoms with Crippen LogP contribution in [0.5, 0.6) is 5.75 Å². The number of nitrogens with two attached hydrogens (primary N) is 1. The third-order valence-corrected chi connectivity index (χ3v) is 2.04. The van der Waals surface area contributed by atoms with E-state index in [1.807, 2.05) is 0 Å². The Morgan fingerprint density at radius 1 is 1.28 bits per heavy atom. The molecule has 0 bridgehead atoms. The quantitative estimate of drug-likeness (QED) is 0.491. The summed E-state index contributed by atoms with van der Waals surface area (Å²) in [4.78, 5) is 11.1. The zero-order chi connectivity index (χ0) is 13.1. The van der Waals surface area contributed by atoms with Gasteiger partial charge in [-0.25, -0.2) is 10.7 Å². The normalized spacial score (nSPS) is 8.44. The van der Waals surface area contributed by atoms with E-state index in [0.717, 1.165) is 18.6 Å². The van der Waals surface area contributed by atoms with Gasteiger partial charge in [-0.3, -0.25) is 0 Å². The zero-order valence-electron chi connectivity index (χ0n) is 10.6. The average molecular weight is 278 g/mol. The fraction of sp³-hybridized carbons (Fsp3) is 0.417. The summed E-state index contributed by atoms with van der Waals surface area (Å²) in [6.45, 7) is 2.83. The third-order valence-electron chi connectivity index (χ3n) is 2.04. The SMILES string of the molecule is CCCCOc1ccc(C(=O)OC)cc1.Cl.NO. The van der Waals surface area contributed by atoms with E-state index in [1.54, 1.807) is 24.3 Å². The lowest BCUT2D eigenvalue weighted by molar-refractivity contribution is 0.0600. The van der Waals surface area contributed by atoms with Crippen molar-refractivity contribution >= 4 is 18.4 Å². The summed E-state index contributed by atoms with van der Waals surface area (Å²) in [5, 5.41) is 6.50. The Morgan fingerprint density at radius 2 is 1.83 bits per heavy atom. The lowest BCUT2D eigenvalue weighted by atomic mass is 10.2. The summed E-state index contributed by atoms with van der Waals surface area (Å²) in [7, 11) is 1.37. The molecule has 0 saturated heterocycles. The molecule has 0 amide bonds. The van der Waals surface area contributed by atoms with Crippen LogP contribution in [0.2, 0.25) is 0 Å². The van der Waals surface area contributed by atoms with E-state index < -0.39 is 0 Å². The Balaban J connectivity index is 0. The highest BCUT2D eigenvalue weighted by Crippen LogP contribution is 2.13. The van der Waals surface area contributed by atoms with Gasteiger partial charge >= 0.3 is 5.97 Å². The van der Waals surface area contributed by atoms with Crippen molar-refractivity contribution in [3.05, 3.63) is 29.8 Å². The molecule has 1 aromatic rings. The van der Waals surface area contributed by atoms with E-state index in [-0.39, 0.29) is 18.4 Å².